The molecule has 0 aliphatic carbocycles. The van der Waals surface area contributed by atoms with Crippen LogP contribution in [0.3, 0.4) is 0 Å². The Hall–Kier alpha value is -2.64. The van der Waals surface area contributed by atoms with Crippen LogP contribution in [0.5, 0.6) is 0 Å². The lowest BCUT2D eigenvalue weighted by Gasteiger charge is -2.26. The van der Waals surface area contributed by atoms with Crippen molar-refractivity contribution in [3.8, 4) is 5.69 Å². The van der Waals surface area contributed by atoms with Crippen molar-refractivity contribution in [3.05, 3.63) is 72.1 Å². The molecule has 6 nitrogen and oxygen atoms in total. The van der Waals surface area contributed by atoms with Crippen molar-refractivity contribution in [2.75, 3.05) is 18.8 Å². The van der Waals surface area contributed by atoms with Gasteiger partial charge in [0.05, 0.1) is 18.3 Å². The summed E-state index contributed by atoms with van der Waals surface area (Å²) < 4.78 is 2.10. The molecule has 1 amide bonds. The van der Waals surface area contributed by atoms with Crippen LogP contribution in [0.25, 0.3) is 5.69 Å². The van der Waals surface area contributed by atoms with E-state index in [1.54, 1.807) is 0 Å². The number of benzene rings is 2. The first-order valence-electron chi connectivity index (χ1n) is 11.8. The Bertz CT molecular complexity index is 1020. The van der Waals surface area contributed by atoms with Gasteiger partial charge in [0.1, 0.15) is 0 Å². The molecule has 4 rings (SSSR count). The summed E-state index contributed by atoms with van der Waals surface area (Å²) in [6.45, 7) is 7.23. The molecule has 1 aliphatic rings. The molecule has 174 valence electrons. The zero-order valence-corrected chi connectivity index (χ0v) is 20.3. The minimum Gasteiger partial charge on any atom is -0.348 e. The summed E-state index contributed by atoms with van der Waals surface area (Å²) in [6.07, 6.45) is 3.78. The first kappa shape index (κ1) is 23.5. The van der Waals surface area contributed by atoms with Crippen molar-refractivity contribution in [2.24, 2.45) is 5.92 Å². The van der Waals surface area contributed by atoms with E-state index in [0.717, 1.165) is 41.9 Å². The Morgan fingerprint density at radius 3 is 2.30 bits per heavy atom. The summed E-state index contributed by atoms with van der Waals surface area (Å²) in [5, 5.41) is 13.0. The molecule has 7 heteroatoms. The van der Waals surface area contributed by atoms with E-state index >= 15 is 0 Å². The van der Waals surface area contributed by atoms with Crippen molar-refractivity contribution in [1.29, 1.82) is 0 Å². The molecule has 1 aliphatic heterocycles. The Morgan fingerprint density at radius 1 is 0.970 bits per heavy atom. The highest BCUT2D eigenvalue weighted by atomic mass is 32.2. The molecular weight excluding hydrogens is 430 g/mol. The lowest BCUT2D eigenvalue weighted by molar-refractivity contribution is -0.119. The van der Waals surface area contributed by atoms with E-state index in [9.17, 15) is 4.79 Å². The number of nitrogens with zero attached hydrogens (tertiary/aromatic N) is 4. The van der Waals surface area contributed by atoms with E-state index in [1.165, 1.54) is 31.0 Å². The van der Waals surface area contributed by atoms with Crippen molar-refractivity contribution >= 4 is 17.7 Å². The summed E-state index contributed by atoms with van der Waals surface area (Å²) in [6, 6.07) is 20.3. The third-order valence-electron chi connectivity index (χ3n) is 6.00. The number of rotatable bonds is 9. The van der Waals surface area contributed by atoms with Crippen LogP contribution in [0, 0.1) is 5.92 Å². The largest absolute Gasteiger partial charge is 0.348 e. The van der Waals surface area contributed by atoms with Gasteiger partial charge in [-0.25, -0.2) is 0 Å². The number of piperidine rings is 1. The van der Waals surface area contributed by atoms with Crippen molar-refractivity contribution in [1.82, 2.24) is 25.0 Å². The number of likely N-dealkylation sites (tertiary alicyclic amines) is 1. The molecule has 1 N–H and O–H groups in total. The zero-order valence-electron chi connectivity index (χ0n) is 19.5. The molecule has 2 heterocycles. The van der Waals surface area contributed by atoms with Crippen LogP contribution in [-0.2, 0) is 11.3 Å². The summed E-state index contributed by atoms with van der Waals surface area (Å²) in [7, 11) is 0. The van der Waals surface area contributed by atoms with Crippen LogP contribution >= 0.6 is 11.8 Å². The normalized spacial score (nSPS) is 15.5. The third-order valence-corrected chi connectivity index (χ3v) is 6.93. The van der Waals surface area contributed by atoms with E-state index in [4.69, 9.17) is 0 Å². The molecule has 1 fully saturated rings. The maximum absolute atomic E-state index is 12.9. The van der Waals surface area contributed by atoms with E-state index in [0.29, 0.717) is 11.7 Å². The smallest absolute Gasteiger partial charge is 0.230 e. The number of thioether (sulfide) groups is 1. The number of para-hydroxylation sites is 1. The highest BCUT2D eigenvalue weighted by molar-refractivity contribution is 7.99. The maximum atomic E-state index is 12.9. The van der Waals surface area contributed by atoms with Crippen LogP contribution in [0.2, 0.25) is 0 Å². The lowest BCUT2D eigenvalue weighted by Crippen LogP contribution is -2.33. The highest BCUT2D eigenvalue weighted by Crippen LogP contribution is 2.25. The number of amides is 1. The molecule has 3 aromatic rings. The van der Waals surface area contributed by atoms with E-state index in [2.05, 4.69) is 63.1 Å². The van der Waals surface area contributed by atoms with E-state index < -0.39 is 0 Å². The van der Waals surface area contributed by atoms with Crippen LogP contribution in [0.1, 0.15) is 50.5 Å². The summed E-state index contributed by atoms with van der Waals surface area (Å²) in [5.41, 5.74) is 2.16. The fraction of sp³-hybridized carbons (Fsp3) is 0.423. The molecule has 1 saturated heterocycles. The third kappa shape index (κ3) is 6.24. The average molecular weight is 464 g/mol. The number of carbonyl (C=O) groups is 1. The molecule has 1 atom stereocenters. The molecule has 1 unspecified atom stereocenters. The SMILES string of the molecule is CC(C)C(NC(=O)CSc1nnc(CN2CCCCC2)n1-c1ccccc1)c1ccccc1. The topological polar surface area (TPSA) is 63.1 Å². The summed E-state index contributed by atoms with van der Waals surface area (Å²) in [4.78, 5) is 15.3. The highest BCUT2D eigenvalue weighted by Gasteiger charge is 2.21. The molecule has 1 aromatic heterocycles. The molecule has 0 saturated carbocycles. The Morgan fingerprint density at radius 2 is 1.64 bits per heavy atom. The first-order valence-corrected chi connectivity index (χ1v) is 12.8. The predicted octanol–water partition coefficient (Wildman–Crippen LogP) is 4.86. The fourth-order valence-electron chi connectivity index (χ4n) is 4.29. The van der Waals surface area contributed by atoms with Gasteiger partial charge in [-0.3, -0.25) is 14.3 Å². The van der Waals surface area contributed by atoms with Gasteiger partial charge in [0.15, 0.2) is 11.0 Å². The molecule has 0 bridgehead atoms. The quantitative estimate of drug-likeness (QED) is 0.459. The second-order valence-electron chi connectivity index (χ2n) is 8.90. The van der Waals surface area contributed by atoms with Gasteiger partial charge in [0.25, 0.3) is 0 Å². The Labute approximate surface area is 200 Å². The molecule has 2 aromatic carbocycles. The lowest BCUT2D eigenvalue weighted by atomic mass is 9.96. The monoisotopic (exact) mass is 463 g/mol. The van der Waals surface area contributed by atoms with Gasteiger partial charge in [-0.1, -0.05) is 80.6 Å². The van der Waals surface area contributed by atoms with E-state index in [-0.39, 0.29) is 11.9 Å². The van der Waals surface area contributed by atoms with E-state index in [1.807, 2.05) is 36.4 Å². The van der Waals surface area contributed by atoms with Crippen LogP contribution in [0.4, 0.5) is 0 Å². The fourth-order valence-corrected chi connectivity index (χ4v) is 5.07. The van der Waals surface area contributed by atoms with Gasteiger partial charge >= 0.3 is 0 Å². The van der Waals surface area contributed by atoms with Crippen LogP contribution in [-0.4, -0.2) is 44.4 Å². The second-order valence-corrected chi connectivity index (χ2v) is 9.84. The van der Waals surface area contributed by atoms with Crippen LogP contribution in [0.15, 0.2) is 65.8 Å². The molecule has 0 radical (unpaired) electrons. The Kier molecular flexibility index (Phi) is 8.18. The number of nitrogens with one attached hydrogen (secondary N) is 1. The van der Waals surface area contributed by atoms with Crippen LogP contribution < -0.4 is 5.32 Å². The number of hydrogen-bond donors (Lipinski definition) is 1. The minimum absolute atomic E-state index is 0.00254. The van der Waals surface area contributed by atoms with Gasteiger partial charge in [-0.05, 0) is 49.5 Å². The molecule has 33 heavy (non-hydrogen) atoms. The summed E-state index contributed by atoms with van der Waals surface area (Å²) in [5.74, 6) is 1.52. The minimum atomic E-state index is -0.0130. The number of hydrogen-bond acceptors (Lipinski definition) is 5. The zero-order chi connectivity index (χ0) is 23.0. The molecular formula is C26H33N5OS. The van der Waals surface area contributed by atoms with Gasteiger partial charge in [-0.2, -0.15) is 0 Å². The second kappa shape index (κ2) is 11.5. The maximum Gasteiger partial charge on any atom is 0.230 e. The first-order chi connectivity index (χ1) is 16.1. The van der Waals surface area contributed by atoms with Crippen molar-refractivity contribution in [2.45, 2.75) is 50.9 Å². The van der Waals surface area contributed by atoms with Crippen molar-refractivity contribution in [3.63, 3.8) is 0 Å². The average Bonchev–Trinajstić information content (AvgIpc) is 3.25. The van der Waals surface area contributed by atoms with Crippen molar-refractivity contribution < 1.29 is 4.79 Å². The predicted molar refractivity (Wildman–Crippen MR) is 133 cm³/mol. The number of aromatic nitrogens is 3. The van der Waals surface area contributed by atoms with Gasteiger partial charge in [0.2, 0.25) is 5.91 Å². The van der Waals surface area contributed by atoms with Gasteiger partial charge < -0.3 is 5.32 Å². The van der Waals surface area contributed by atoms with Gasteiger partial charge in [0, 0.05) is 5.69 Å². The van der Waals surface area contributed by atoms with Gasteiger partial charge in [-0.15, -0.1) is 10.2 Å². The standard InChI is InChI=1S/C26H33N5OS/c1-20(2)25(21-12-6-3-7-13-21)27-24(32)19-33-26-29-28-23(18-30-16-10-5-11-17-30)31(26)22-14-8-4-9-15-22/h3-4,6-9,12-15,20,25H,5,10-11,16-19H2,1-2H3,(H,27,32). The number of carbonyl (C=O) groups excluding carboxylic acids is 1. The summed E-state index contributed by atoms with van der Waals surface area (Å²) >= 11 is 1.44. The molecule has 0 spiro atoms. The Balaban J connectivity index is 1.47.